The lowest BCUT2D eigenvalue weighted by molar-refractivity contribution is -0.120. The standard InChI is InChI=1S/C20H25NO3S/c1-13-6-9-17(10-7-13)25-15(3)20(22)21-14(2)16-8-11-18(23-4)19(12-16)24-5/h6-12,14-15H,1-5H3,(H,21,22)/t14-,15-/m1/s1. The second-order valence-electron chi connectivity index (χ2n) is 5.92. The number of amides is 1. The van der Waals surface area contributed by atoms with Crippen LogP contribution in [-0.4, -0.2) is 25.4 Å². The molecule has 0 spiro atoms. The number of carbonyl (C=O) groups is 1. The van der Waals surface area contributed by atoms with Crippen LogP contribution in [0.5, 0.6) is 11.5 Å². The first-order valence-electron chi connectivity index (χ1n) is 8.20. The van der Waals surface area contributed by atoms with Crippen LogP contribution in [0.1, 0.15) is 31.0 Å². The Kier molecular flexibility index (Phi) is 6.76. The summed E-state index contributed by atoms with van der Waals surface area (Å²) in [6.07, 6.45) is 0. The third-order valence-corrected chi connectivity index (χ3v) is 5.08. The van der Waals surface area contributed by atoms with Gasteiger partial charge in [0.15, 0.2) is 11.5 Å². The number of hydrogen-bond donors (Lipinski definition) is 1. The Morgan fingerprint density at radius 2 is 1.64 bits per heavy atom. The van der Waals surface area contributed by atoms with Crippen molar-refractivity contribution in [1.82, 2.24) is 5.32 Å². The predicted octanol–water partition coefficient (Wildman–Crippen LogP) is 4.37. The molecule has 2 atom stereocenters. The lowest BCUT2D eigenvalue weighted by atomic mass is 10.1. The summed E-state index contributed by atoms with van der Waals surface area (Å²) in [5.41, 5.74) is 2.18. The van der Waals surface area contributed by atoms with Crippen molar-refractivity contribution >= 4 is 17.7 Å². The normalized spacial score (nSPS) is 13.0. The molecule has 134 valence electrons. The van der Waals surface area contributed by atoms with E-state index in [1.54, 1.807) is 26.0 Å². The number of benzene rings is 2. The van der Waals surface area contributed by atoms with E-state index in [0.717, 1.165) is 10.5 Å². The second kappa shape index (κ2) is 8.81. The molecule has 5 heteroatoms. The van der Waals surface area contributed by atoms with Crippen molar-refractivity contribution in [3.05, 3.63) is 53.6 Å². The minimum absolute atomic E-state index is 0.00728. The van der Waals surface area contributed by atoms with Gasteiger partial charge < -0.3 is 14.8 Å². The highest BCUT2D eigenvalue weighted by Gasteiger charge is 2.18. The molecule has 0 aliphatic heterocycles. The van der Waals surface area contributed by atoms with Gasteiger partial charge in [-0.15, -0.1) is 11.8 Å². The Hall–Kier alpha value is -2.14. The van der Waals surface area contributed by atoms with Crippen LogP contribution in [0.4, 0.5) is 0 Å². The summed E-state index contributed by atoms with van der Waals surface area (Å²) < 4.78 is 10.6. The van der Waals surface area contributed by atoms with Crippen LogP contribution >= 0.6 is 11.8 Å². The summed E-state index contributed by atoms with van der Waals surface area (Å²) in [5, 5.41) is 2.88. The molecular weight excluding hydrogens is 334 g/mol. The zero-order valence-electron chi connectivity index (χ0n) is 15.3. The molecule has 0 aliphatic carbocycles. The fraction of sp³-hybridized carbons (Fsp3) is 0.350. The van der Waals surface area contributed by atoms with E-state index in [1.807, 2.05) is 44.2 Å². The number of rotatable bonds is 7. The summed E-state index contributed by atoms with van der Waals surface area (Å²) >= 11 is 1.55. The van der Waals surface area contributed by atoms with Gasteiger partial charge in [-0.1, -0.05) is 23.8 Å². The van der Waals surface area contributed by atoms with Crippen LogP contribution in [0, 0.1) is 6.92 Å². The SMILES string of the molecule is COc1ccc([C@@H](C)NC(=O)[C@@H](C)Sc2ccc(C)cc2)cc1OC. The van der Waals surface area contributed by atoms with E-state index in [1.165, 1.54) is 5.56 Å². The monoisotopic (exact) mass is 359 g/mol. The molecular formula is C20H25NO3S. The Balaban J connectivity index is 2.00. The first-order valence-corrected chi connectivity index (χ1v) is 9.08. The van der Waals surface area contributed by atoms with E-state index in [2.05, 4.69) is 24.4 Å². The number of ether oxygens (including phenoxy) is 2. The molecule has 0 radical (unpaired) electrons. The summed E-state index contributed by atoms with van der Waals surface area (Å²) in [6.45, 7) is 5.93. The Morgan fingerprint density at radius 1 is 1.00 bits per heavy atom. The first-order chi connectivity index (χ1) is 11.9. The molecule has 0 heterocycles. The van der Waals surface area contributed by atoms with Crippen molar-refractivity contribution in [1.29, 1.82) is 0 Å². The van der Waals surface area contributed by atoms with Gasteiger partial charge in [0.2, 0.25) is 5.91 Å². The average Bonchev–Trinajstić information content (AvgIpc) is 2.62. The van der Waals surface area contributed by atoms with Gasteiger partial charge in [-0.2, -0.15) is 0 Å². The highest BCUT2D eigenvalue weighted by molar-refractivity contribution is 8.00. The maximum Gasteiger partial charge on any atom is 0.233 e. The molecule has 1 amide bonds. The average molecular weight is 359 g/mol. The van der Waals surface area contributed by atoms with Crippen LogP contribution in [0.25, 0.3) is 0 Å². The zero-order chi connectivity index (χ0) is 18.4. The number of aryl methyl sites for hydroxylation is 1. The van der Waals surface area contributed by atoms with Gasteiger partial charge in [0.05, 0.1) is 25.5 Å². The summed E-state index contributed by atoms with van der Waals surface area (Å²) in [5.74, 6) is 1.34. The smallest absolute Gasteiger partial charge is 0.233 e. The van der Waals surface area contributed by atoms with E-state index >= 15 is 0 Å². The minimum atomic E-state index is -0.176. The highest BCUT2D eigenvalue weighted by atomic mass is 32.2. The third-order valence-electron chi connectivity index (χ3n) is 3.97. The van der Waals surface area contributed by atoms with Crippen molar-refractivity contribution in [2.75, 3.05) is 14.2 Å². The Morgan fingerprint density at radius 3 is 2.24 bits per heavy atom. The van der Waals surface area contributed by atoms with Crippen molar-refractivity contribution in [2.24, 2.45) is 0 Å². The van der Waals surface area contributed by atoms with Crippen LogP contribution in [0.3, 0.4) is 0 Å². The Bertz CT molecular complexity index is 715. The van der Waals surface area contributed by atoms with E-state index in [9.17, 15) is 4.79 Å². The summed E-state index contributed by atoms with van der Waals surface area (Å²) in [4.78, 5) is 13.6. The lowest BCUT2D eigenvalue weighted by Gasteiger charge is -2.19. The molecule has 0 saturated carbocycles. The predicted molar refractivity (Wildman–Crippen MR) is 103 cm³/mol. The number of carbonyl (C=O) groups excluding carboxylic acids is 1. The lowest BCUT2D eigenvalue weighted by Crippen LogP contribution is -2.33. The van der Waals surface area contributed by atoms with Gasteiger partial charge in [-0.25, -0.2) is 0 Å². The molecule has 4 nitrogen and oxygen atoms in total. The van der Waals surface area contributed by atoms with Crippen LogP contribution in [0.15, 0.2) is 47.4 Å². The maximum atomic E-state index is 12.5. The van der Waals surface area contributed by atoms with Crippen molar-refractivity contribution in [2.45, 2.75) is 37.0 Å². The quantitative estimate of drug-likeness (QED) is 0.746. The largest absolute Gasteiger partial charge is 0.493 e. The number of thioether (sulfide) groups is 1. The summed E-state index contributed by atoms with van der Waals surface area (Å²) in [6, 6.07) is 13.8. The first kappa shape index (κ1) is 19.2. The molecule has 2 rings (SSSR count). The Labute approximate surface area is 153 Å². The fourth-order valence-electron chi connectivity index (χ4n) is 2.41. The number of methoxy groups -OCH3 is 2. The van der Waals surface area contributed by atoms with E-state index in [-0.39, 0.29) is 17.2 Å². The molecule has 0 fully saturated rings. The molecule has 1 N–H and O–H groups in total. The highest BCUT2D eigenvalue weighted by Crippen LogP contribution is 2.30. The minimum Gasteiger partial charge on any atom is -0.493 e. The van der Waals surface area contributed by atoms with Gasteiger partial charge in [0, 0.05) is 4.90 Å². The van der Waals surface area contributed by atoms with Crippen molar-refractivity contribution < 1.29 is 14.3 Å². The van der Waals surface area contributed by atoms with Gasteiger partial charge >= 0.3 is 0 Å². The van der Waals surface area contributed by atoms with Crippen LogP contribution in [0.2, 0.25) is 0 Å². The van der Waals surface area contributed by atoms with E-state index in [4.69, 9.17) is 9.47 Å². The molecule has 0 aromatic heterocycles. The van der Waals surface area contributed by atoms with Gasteiger partial charge in [-0.3, -0.25) is 4.79 Å². The van der Waals surface area contributed by atoms with Gasteiger partial charge in [0.25, 0.3) is 0 Å². The fourth-order valence-corrected chi connectivity index (χ4v) is 3.29. The van der Waals surface area contributed by atoms with E-state index < -0.39 is 0 Å². The van der Waals surface area contributed by atoms with Crippen LogP contribution in [-0.2, 0) is 4.79 Å². The molecule has 0 unspecified atom stereocenters. The van der Waals surface area contributed by atoms with E-state index in [0.29, 0.717) is 11.5 Å². The number of hydrogen-bond acceptors (Lipinski definition) is 4. The maximum absolute atomic E-state index is 12.5. The molecule has 25 heavy (non-hydrogen) atoms. The molecule has 0 saturated heterocycles. The number of nitrogens with one attached hydrogen (secondary N) is 1. The second-order valence-corrected chi connectivity index (χ2v) is 7.33. The van der Waals surface area contributed by atoms with Gasteiger partial charge in [0.1, 0.15) is 0 Å². The third kappa shape index (κ3) is 5.16. The summed E-state index contributed by atoms with van der Waals surface area (Å²) in [7, 11) is 3.21. The zero-order valence-corrected chi connectivity index (χ0v) is 16.1. The molecule has 0 aliphatic rings. The van der Waals surface area contributed by atoms with Crippen molar-refractivity contribution in [3.63, 3.8) is 0 Å². The van der Waals surface area contributed by atoms with Gasteiger partial charge in [-0.05, 0) is 50.6 Å². The molecule has 0 bridgehead atoms. The van der Waals surface area contributed by atoms with Crippen molar-refractivity contribution in [3.8, 4) is 11.5 Å². The van der Waals surface area contributed by atoms with Crippen LogP contribution < -0.4 is 14.8 Å². The molecule has 2 aromatic rings. The molecule has 2 aromatic carbocycles. The topological polar surface area (TPSA) is 47.6 Å².